The second-order valence-electron chi connectivity index (χ2n) is 4.23. The fourth-order valence-electron chi connectivity index (χ4n) is 1.85. The maximum atomic E-state index is 4.18. The Morgan fingerprint density at radius 2 is 2.27 bits per heavy atom. The van der Waals surface area contributed by atoms with Gasteiger partial charge < -0.3 is 0 Å². The molecule has 15 heavy (non-hydrogen) atoms. The van der Waals surface area contributed by atoms with Crippen LogP contribution >= 0.6 is 11.3 Å². The molecule has 2 heterocycles. The smallest absolute Gasteiger partial charge is 0.0395 e. The minimum absolute atomic E-state index is 0.325. The summed E-state index contributed by atoms with van der Waals surface area (Å²) in [6.07, 6.45) is 7.34. The van der Waals surface area contributed by atoms with E-state index in [0.29, 0.717) is 5.41 Å². The highest BCUT2D eigenvalue weighted by Gasteiger charge is 2.41. The van der Waals surface area contributed by atoms with Crippen molar-refractivity contribution in [2.75, 3.05) is 0 Å². The SMILES string of the molecule is CC1(c2ccsc2-c2cccnc2)[CH]C1. The first-order chi connectivity index (χ1) is 7.30. The Morgan fingerprint density at radius 1 is 1.40 bits per heavy atom. The first-order valence-electron chi connectivity index (χ1n) is 5.12. The molecule has 2 heteroatoms. The Hall–Kier alpha value is -1.15. The summed E-state index contributed by atoms with van der Waals surface area (Å²) in [7, 11) is 0. The van der Waals surface area contributed by atoms with E-state index in [1.54, 1.807) is 0 Å². The number of pyridine rings is 1. The monoisotopic (exact) mass is 214 g/mol. The van der Waals surface area contributed by atoms with E-state index in [0.717, 1.165) is 0 Å². The van der Waals surface area contributed by atoms with Crippen LogP contribution in [0.1, 0.15) is 18.9 Å². The van der Waals surface area contributed by atoms with Crippen molar-refractivity contribution in [3.63, 3.8) is 0 Å². The lowest BCUT2D eigenvalue weighted by atomic mass is 9.97. The molecule has 0 spiro atoms. The zero-order valence-electron chi connectivity index (χ0n) is 8.60. The largest absolute Gasteiger partial charge is 0.264 e. The van der Waals surface area contributed by atoms with Crippen molar-refractivity contribution in [1.29, 1.82) is 0 Å². The molecule has 0 N–H and O–H groups in total. The van der Waals surface area contributed by atoms with Gasteiger partial charge in [-0.05, 0) is 41.3 Å². The van der Waals surface area contributed by atoms with Gasteiger partial charge in [0, 0.05) is 22.8 Å². The number of hydrogen-bond acceptors (Lipinski definition) is 2. The van der Waals surface area contributed by atoms with Crippen LogP contribution in [0.15, 0.2) is 36.0 Å². The molecule has 1 fully saturated rings. The summed E-state index contributed by atoms with van der Waals surface area (Å²) in [6.45, 7) is 2.30. The molecular formula is C13H12NS. The Kier molecular flexibility index (Phi) is 1.93. The summed E-state index contributed by atoms with van der Waals surface area (Å²) in [5.74, 6) is 0. The van der Waals surface area contributed by atoms with E-state index in [1.165, 1.54) is 22.4 Å². The zero-order valence-corrected chi connectivity index (χ0v) is 9.42. The van der Waals surface area contributed by atoms with E-state index < -0.39 is 0 Å². The second-order valence-corrected chi connectivity index (χ2v) is 5.15. The molecule has 2 aromatic rings. The predicted molar refractivity (Wildman–Crippen MR) is 63.8 cm³/mol. The molecule has 0 amide bonds. The third-order valence-electron chi connectivity index (χ3n) is 3.02. The van der Waals surface area contributed by atoms with Gasteiger partial charge in [-0.1, -0.05) is 13.0 Å². The minimum atomic E-state index is 0.325. The van der Waals surface area contributed by atoms with Gasteiger partial charge in [0.1, 0.15) is 0 Å². The summed E-state index contributed by atoms with van der Waals surface area (Å²) in [5.41, 5.74) is 3.02. The van der Waals surface area contributed by atoms with Gasteiger partial charge in [-0.15, -0.1) is 11.3 Å². The molecule has 75 valence electrons. The summed E-state index contributed by atoms with van der Waals surface area (Å²) >= 11 is 1.81. The molecule has 2 aromatic heterocycles. The lowest BCUT2D eigenvalue weighted by Crippen LogP contribution is -1.99. The predicted octanol–water partition coefficient (Wildman–Crippen LogP) is 3.68. The lowest BCUT2D eigenvalue weighted by molar-refractivity contribution is 0.827. The Bertz CT molecular complexity index is 468. The van der Waals surface area contributed by atoms with Crippen LogP contribution in [0.5, 0.6) is 0 Å². The molecule has 0 saturated heterocycles. The third-order valence-corrected chi connectivity index (χ3v) is 3.98. The van der Waals surface area contributed by atoms with Crippen LogP contribution in [-0.4, -0.2) is 4.98 Å². The summed E-state index contributed by atoms with van der Waals surface area (Å²) in [6, 6.07) is 6.38. The molecule has 1 radical (unpaired) electrons. The van der Waals surface area contributed by atoms with Gasteiger partial charge in [0.05, 0.1) is 0 Å². The third kappa shape index (κ3) is 1.49. The van der Waals surface area contributed by atoms with Crippen LogP contribution in [0.4, 0.5) is 0 Å². The van der Waals surface area contributed by atoms with Crippen molar-refractivity contribution < 1.29 is 0 Å². The number of rotatable bonds is 2. The van der Waals surface area contributed by atoms with Crippen molar-refractivity contribution in [1.82, 2.24) is 4.98 Å². The zero-order chi connectivity index (χ0) is 10.3. The Labute approximate surface area is 93.8 Å². The van der Waals surface area contributed by atoms with Crippen molar-refractivity contribution in [3.05, 3.63) is 48.0 Å². The van der Waals surface area contributed by atoms with Gasteiger partial charge in [0.15, 0.2) is 0 Å². The minimum Gasteiger partial charge on any atom is -0.264 e. The second kappa shape index (κ2) is 3.17. The van der Waals surface area contributed by atoms with E-state index in [-0.39, 0.29) is 0 Å². The van der Waals surface area contributed by atoms with E-state index in [2.05, 4.69) is 35.8 Å². The molecule has 1 aliphatic rings. The first kappa shape index (κ1) is 9.10. The van der Waals surface area contributed by atoms with Crippen LogP contribution in [0, 0.1) is 6.42 Å². The van der Waals surface area contributed by atoms with E-state index in [1.807, 2.05) is 29.8 Å². The maximum Gasteiger partial charge on any atom is 0.0395 e. The molecule has 1 saturated carbocycles. The van der Waals surface area contributed by atoms with Gasteiger partial charge >= 0.3 is 0 Å². The van der Waals surface area contributed by atoms with Crippen molar-refractivity contribution >= 4 is 11.3 Å². The van der Waals surface area contributed by atoms with Crippen molar-refractivity contribution in [3.8, 4) is 10.4 Å². The Morgan fingerprint density at radius 3 is 2.93 bits per heavy atom. The van der Waals surface area contributed by atoms with Gasteiger partial charge in [-0.3, -0.25) is 4.98 Å². The molecular weight excluding hydrogens is 202 g/mol. The van der Waals surface area contributed by atoms with Crippen molar-refractivity contribution in [2.24, 2.45) is 0 Å². The fraction of sp³-hybridized carbons (Fsp3) is 0.231. The van der Waals surface area contributed by atoms with Crippen LogP contribution in [0.25, 0.3) is 10.4 Å². The van der Waals surface area contributed by atoms with E-state index >= 15 is 0 Å². The van der Waals surface area contributed by atoms with Crippen LogP contribution in [0.2, 0.25) is 0 Å². The van der Waals surface area contributed by atoms with Crippen molar-refractivity contribution in [2.45, 2.75) is 18.8 Å². The normalized spacial score (nSPS) is 17.7. The number of hydrogen-bond donors (Lipinski definition) is 0. The summed E-state index contributed by atoms with van der Waals surface area (Å²) in [4.78, 5) is 5.56. The quantitative estimate of drug-likeness (QED) is 0.743. The number of aromatic nitrogens is 1. The number of nitrogens with zero attached hydrogens (tertiary/aromatic N) is 1. The molecule has 0 bridgehead atoms. The van der Waals surface area contributed by atoms with Gasteiger partial charge in [0.25, 0.3) is 0 Å². The average Bonchev–Trinajstić information content (AvgIpc) is 2.85. The van der Waals surface area contributed by atoms with E-state index in [9.17, 15) is 0 Å². The highest BCUT2D eigenvalue weighted by Crippen LogP contribution is 2.51. The molecule has 1 aliphatic carbocycles. The number of thiophene rings is 1. The lowest BCUT2D eigenvalue weighted by Gasteiger charge is -2.09. The molecule has 1 atom stereocenters. The fourth-order valence-corrected chi connectivity index (χ4v) is 2.88. The standard InChI is InChI=1S/C13H12NS/c1-13(5-6-13)11-4-8-15-12(11)10-3-2-7-14-9-10/h2-5,7-9H,6H2,1H3. The van der Waals surface area contributed by atoms with Crippen LogP contribution in [0.3, 0.4) is 0 Å². The molecule has 0 aromatic carbocycles. The van der Waals surface area contributed by atoms with Crippen LogP contribution < -0.4 is 0 Å². The molecule has 3 rings (SSSR count). The van der Waals surface area contributed by atoms with Gasteiger partial charge in [-0.2, -0.15) is 0 Å². The average molecular weight is 214 g/mol. The molecule has 1 unspecified atom stereocenters. The maximum absolute atomic E-state index is 4.18. The highest BCUT2D eigenvalue weighted by molar-refractivity contribution is 7.13. The van der Waals surface area contributed by atoms with E-state index in [4.69, 9.17) is 0 Å². The Balaban J connectivity index is 2.10. The van der Waals surface area contributed by atoms with Gasteiger partial charge in [0.2, 0.25) is 0 Å². The van der Waals surface area contributed by atoms with Gasteiger partial charge in [-0.25, -0.2) is 0 Å². The molecule has 1 nitrogen and oxygen atoms in total. The topological polar surface area (TPSA) is 12.9 Å². The van der Waals surface area contributed by atoms with Crippen LogP contribution in [-0.2, 0) is 5.41 Å². The first-order valence-corrected chi connectivity index (χ1v) is 6.00. The molecule has 0 aliphatic heterocycles. The summed E-state index contributed by atoms with van der Waals surface area (Å²) < 4.78 is 0. The highest BCUT2D eigenvalue weighted by atomic mass is 32.1. The summed E-state index contributed by atoms with van der Waals surface area (Å²) in [5, 5.41) is 2.18.